The minimum Gasteiger partial charge on any atom is -0.496 e. The van der Waals surface area contributed by atoms with Crippen LogP contribution in [0.15, 0.2) is 24.3 Å². The van der Waals surface area contributed by atoms with Gasteiger partial charge in [0.1, 0.15) is 11.9 Å². The van der Waals surface area contributed by atoms with Crippen LogP contribution in [0, 0.1) is 0 Å². The average molecular weight is 279 g/mol. The van der Waals surface area contributed by atoms with Gasteiger partial charge in [-0.1, -0.05) is 18.2 Å². The van der Waals surface area contributed by atoms with Crippen molar-refractivity contribution < 1.29 is 19.0 Å². The number of rotatable bonds is 7. The summed E-state index contributed by atoms with van der Waals surface area (Å²) in [6.45, 7) is 1.88. The molecule has 5 nitrogen and oxygen atoms in total. The lowest BCUT2D eigenvalue weighted by molar-refractivity contribution is -0.111. The van der Waals surface area contributed by atoms with E-state index in [0.717, 1.165) is 37.4 Å². The Balaban J connectivity index is 2.10. The molecule has 0 aliphatic carbocycles. The molecule has 1 aromatic rings. The van der Waals surface area contributed by atoms with Gasteiger partial charge in [-0.2, -0.15) is 0 Å². The molecule has 20 heavy (non-hydrogen) atoms. The van der Waals surface area contributed by atoms with Crippen molar-refractivity contribution in [1.29, 1.82) is 0 Å². The molecule has 1 N–H and O–H groups in total. The largest absolute Gasteiger partial charge is 0.496 e. The highest BCUT2D eigenvalue weighted by molar-refractivity contribution is 5.46. The molecule has 110 valence electrons. The van der Waals surface area contributed by atoms with Gasteiger partial charge in [0, 0.05) is 25.3 Å². The first kappa shape index (κ1) is 14.8. The zero-order valence-electron chi connectivity index (χ0n) is 11.7. The van der Waals surface area contributed by atoms with Crippen molar-refractivity contribution in [2.24, 2.45) is 0 Å². The molecule has 1 aromatic carbocycles. The van der Waals surface area contributed by atoms with E-state index in [9.17, 15) is 4.79 Å². The molecule has 0 unspecified atom stereocenters. The van der Waals surface area contributed by atoms with Gasteiger partial charge in [0.15, 0.2) is 0 Å². The summed E-state index contributed by atoms with van der Waals surface area (Å²) in [5, 5.41) is 2.70. The van der Waals surface area contributed by atoms with E-state index in [4.69, 9.17) is 14.2 Å². The Labute approximate surface area is 119 Å². The summed E-state index contributed by atoms with van der Waals surface area (Å²) >= 11 is 0. The fourth-order valence-electron chi connectivity index (χ4n) is 2.36. The minimum atomic E-state index is -0.209. The highest BCUT2D eigenvalue weighted by atomic mass is 16.5. The topological polar surface area (TPSA) is 56.8 Å². The third-order valence-corrected chi connectivity index (χ3v) is 3.40. The molecule has 0 saturated carbocycles. The van der Waals surface area contributed by atoms with Gasteiger partial charge in [-0.3, -0.25) is 4.79 Å². The maximum Gasteiger partial charge on any atom is 0.207 e. The van der Waals surface area contributed by atoms with Crippen molar-refractivity contribution in [2.75, 3.05) is 26.9 Å². The first-order valence-corrected chi connectivity index (χ1v) is 6.88. The van der Waals surface area contributed by atoms with Crippen molar-refractivity contribution in [2.45, 2.75) is 25.0 Å². The fraction of sp³-hybridized carbons (Fsp3) is 0.533. The summed E-state index contributed by atoms with van der Waals surface area (Å²) < 4.78 is 16.9. The third kappa shape index (κ3) is 3.95. The van der Waals surface area contributed by atoms with Crippen LogP contribution in [-0.2, 0) is 14.3 Å². The van der Waals surface area contributed by atoms with Crippen molar-refractivity contribution in [1.82, 2.24) is 5.32 Å². The van der Waals surface area contributed by atoms with Gasteiger partial charge < -0.3 is 19.5 Å². The number of nitrogens with one attached hydrogen (secondary N) is 1. The molecule has 1 amide bonds. The average Bonchev–Trinajstić information content (AvgIpc) is 2.52. The molecular weight excluding hydrogens is 258 g/mol. The molecule has 1 heterocycles. The minimum absolute atomic E-state index is 0.159. The van der Waals surface area contributed by atoms with Crippen LogP contribution in [0.25, 0.3) is 0 Å². The molecule has 1 fully saturated rings. The second kappa shape index (κ2) is 7.87. The summed E-state index contributed by atoms with van der Waals surface area (Å²) in [7, 11) is 1.64. The normalized spacial score (nSPS) is 17.4. The van der Waals surface area contributed by atoms with Gasteiger partial charge in [-0.05, 0) is 18.9 Å². The van der Waals surface area contributed by atoms with Crippen LogP contribution in [0.3, 0.4) is 0 Å². The standard InChI is InChI=1S/C15H21NO4/c1-18-14-5-3-2-4-13(14)15(10-16-11-17)20-12-6-8-19-9-7-12/h2-5,11-12,15H,6-10H2,1H3,(H,16,17)/t15-/m0/s1. The molecule has 5 heteroatoms. The van der Waals surface area contributed by atoms with E-state index in [1.807, 2.05) is 24.3 Å². The molecule has 1 aliphatic rings. The van der Waals surface area contributed by atoms with Gasteiger partial charge in [0.05, 0.1) is 13.2 Å². The number of para-hydroxylation sites is 1. The number of carbonyl (C=O) groups is 1. The number of amides is 1. The van der Waals surface area contributed by atoms with E-state index in [2.05, 4.69) is 5.32 Å². The smallest absolute Gasteiger partial charge is 0.207 e. The molecule has 1 saturated heterocycles. The van der Waals surface area contributed by atoms with Crippen LogP contribution in [0.1, 0.15) is 24.5 Å². The summed E-state index contributed by atoms with van der Waals surface area (Å²) in [5.41, 5.74) is 0.954. The van der Waals surface area contributed by atoms with Crippen LogP contribution in [0.5, 0.6) is 5.75 Å². The Morgan fingerprint density at radius 1 is 1.40 bits per heavy atom. The van der Waals surface area contributed by atoms with Crippen LogP contribution in [0.2, 0.25) is 0 Å². The fourth-order valence-corrected chi connectivity index (χ4v) is 2.36. The molecule has 1 aliphatic heterocycles. The van der Waals surface area contributed by atoms with Crippen molar-refractivity contribution >= 4 is 6.41 Å². The zero-order valence-corrected chi connectivity index (χ0v) is 11.7. The Morgan fingerprint density at radius 2 is 2.15 bits per heavy atom. The molecule has 0 aromatic heterocycles. The van der Waals surface area contributed by atoms with Crippen LogP contribution in [-0.4, -0.2) is 39.4 Å². The Hall–Kier alpha value is -1.59. The van der Waals surface area contributed by atoms with Gasteiger partial charge in [-0.15, -0.1) is 0 Å². The Morgan fingerprint density at radius 3 is 2.85 bits per heavy atom. The second-order valence-electron chi connectivity index (χ2n) is 4.70. The monoisotopic (exact) mass is 279 g/mol. The van der Waals surface area contributed by atoms with E-state index < -0.39 is 0 Å². The maximum absolute atomic E-state index is 10.6. The first-order valence-electron chi connectivity index (χ1n) is 6.88. The lowest BCUT2D eigenvalue weighted by atomic mass is 10.1. The van der Waals surface area contributed by atoms with Gasteiger partial charge in [-0.25, -0.2) is 0 Å². The predicted octanol–water partition coefficient (Wildman–Crippen LogP) is 1.68. The first-order chi connectivity index (χ1) is 9.85. The number of benzene rings is 1. The summed E-state index contributed by atoms with van der Waals surface area (Å²) in [6.07, 6.45) is 2.40. The number of ether oxygens (including phenoxy) is 3. The molecule has 0 radical (unpaired) electrons. The summed E-state index contributed by atoms with van der Waals surface area (Å²) in [6, 6.07) is 7.73. The molecule has 0 bridgehead atoms. The lowest BCUT2D eigenvalue weighted by Crippen LogP contribution is -2.30. The predicted molar refractivity (Wildman–Crippen MR) is 74.7 cm³/mol. The van der Waals surface area contributed by atoms with Gasteiger partial charge in [0.2, 0.25) is 6.41 Å². The van der Waals surface area contributed by atoms with Gasteiger partial charge >= 0.3 is 0 Å². The van der Waals surface area contributed by atoms with Crippen molar-refractivity contribution in [3.8, 4) is 5.75 Å². The third-order valence-electron chi connectivity index (χ3n) is 3.40. The molecule has 0 spiro atoms. The van der Waals surface area contributed by atoms with Crippen molar-refractivity contribution in [3.63, 3.8) is 0 Å². The zero-order chi connectivity index (χ0) is 14.2. The lowest BCUT2D eigenvalue weighted by Gasteiger charge is -2.28. The highest BCUT2D eigenvalue weighted by Gasteiger charge is 2.22. The maximum atomic E-state index is 10.6. The quantitative estimate of drug-likeness (QED) is 0.772. The molecular formula is C15H21NO4. The van der Waals surface area contributed by atoms with Crippen LogP contribution in [0.4, 0.5) is 0 Å². The Kier molecular flexibility index (Phi) is 5.83. The number of hydrogen-bond acceptors (Lipinski definition) is 4. The van der Waals surface area contributed by atoms with E-state index in [1.54, 1.807) is 7.11 Å². The van der Waals surface area contributed by atoms with Crippen LogP contribution < -0.4 is 10.1 Å². The summed E-state index contributed by atoms with van der Waals surface area (Å²) in [5.74, 6) is 0.775. The SMILES string of the molecule is COc1ccccc1[C@H](CNC=O)OC1CCOCC1. The van der Waals surface area contributed by atoms with E-state index in [0.29, 0.717) is 13.0 Å². The number of hydrogen-bond donors (Lipinski definition) is 1. The van der Waals surface area contributed by atoms with E-state index >= 15 is 0 Å². The second-order valence-corrected chi connectivity index (χ2v) is 4.70. The van der Waals surface area contributed by atoms with E-state index in [-0.39, 0.29) is 12.2 Å². The highest BCUT2D eigenvalue weighted by Crippen LogP contribution is 2.29. The van der Waals surface area contributed by atoms with E-state index in [1.165, 1.54) is 0 Å². The van der Waals surface area contributed by atoms with Crippen LogP contribution >= 0.6 is 0 Å². The molecule has 2 rings (SSSR count). The summed E-state index contributed by atoms with van der Waals surface area (Å²) in [4.78, 5) is 10.6. The Bertz CT molecular complexity index is 418. The van der Waals surface area contributed by atoms with Crippen molar-refractivity contribution in [3.05, 3.63) is 29.8 Å². The molecule has 1 atom stereocenters. The van der Waals surface area contributed by atoms with Gasteiger partial charge in [0.25, 0.3) is 0 Å². The number of carbonyl (C=O) groups excluding carboxylic acids is 1. The number of methoxy groups -OCH3 is 1.